The van der Waals surface area contributed by atoms with Gasteiger partial charge >= 0.3 is 0 Å². The highest BCUT2D eigenvalue weighted by Gasteiger charge is 2.39. The number of allylic oxidation sites excluding steroid dienone is 2. The van der Waals surface area contributed by atoms with Crippen molar-refractivity contribution in [2.75, 3.05) is 5.32 Å². The number of nitrogens with one attached hydrogen (secondary N) is 1. The van der Waals surface area contributed by atoms with Crippen LogP contribution in [0.2, 0.25) is 5.02 Å². The van der Waals surface area contributed by atoms with Crippen LogP contribution in [0, 0.1) is 0 Å². The minimum Gasteiger partial charge on any atom is -0.328 e. The number of carbonyl (C=O) groups excluding carboxylic acids is 1. The van der Waals surface area contributed by atoms with Crippen molar-refractivity contribution in [2.24, 2.45) is 0 Å². The van der Waals surface area contributed by atoms with Gasteiger partial charge in [0.2, 0.25) is 5.95 Å². The maximum absolute atomic E-state index is 13.1. The molecule has 7 heteroatoms. The number of anilines is 1. The first-order valence-electron chi connectivity index (χ1n) is 8.42. The normalized spacial score (nSPS) is 22.0. The molecular weight excluding hydrogens is 368 g/mol. The Kier molecular flexibility index (Phi) is 3.69. The molecule has 0 saturated heterocycles. The van der Waals surface area contributed by atoms with Crippen molar-refractivity contribution in [3.05, 3.63) is 74.8 Å². The maximum Gasteiger partial charge on any atom is 0.226 e. The first-order chi connectivity index (χ1) is 12.7. The lowest BCUT2D eigenvalue weighted by molar-refractivity contribution is -0.116. The van der Waals surface area contributed by atoms with Gasteiger partial charge in [-0.15, -0.1) is 11.3 Å². The van der Waals surface area contributed by atoms with Crippen LogP contribution in [0.25, 0.3) is 0 Å². The topological polar surface area (TPSA) is 59.8 Å². The molecule has 3 aromatic rings. The highest BCUT2D eigenvalue weighted by molar-refractivity contribution is 7.10. The Morgan fingerprint density at radius 1 is 1.19 bits per heavy atom. The van der Waals surface area contributed by atoms with Gasteiger partial charge in [0, 0.05) is 27.6 Å². The molecule has 1 aromatic carbocycles. The number of thiophene rings is 1. The molecule has 2 atom stereocenters. The van der Waals surface area contributed by atoms with Crippen molar-refractivity contribution < 1.29 is 4.79 Å². The summed E-state index contributed by atoms with van der Waals surface area (Å²) < 4.78 is 1.81. The lowest BCUT2D eigenvalue weighted by atomic mass is 9.79. The van der Waals surface area contributed by atoms with Gasteiger partial charge < -0.3 is 5.32 Å². The Labute approximate surface area is 159 Å². The van der Waals surface area contributed by atoms with Crippen LogP contribution in [0.5, 0.6) is 0 Å². The van der Waals surface area contributed by atoms with E-state index in [2.05, 4.69) is 21.5 Å². The van der Waals surface area contributed by atoms with Crippen molar-refractivity contribution in [1.29, 1.82) is 0 Å². The van der Waals surface area contributed by atoms with Gasteiger partial charge in [0.05, 0.1) is 0 Å². The zero-order valence-electron chi connectivity index (χ0n) is 13.7. The Morgan fingerprint density at radius 2 is 2.04 bits per heavy atom. The molecule has 5 rings (SSSR count). The quantitative estimate of drug-likeness (QED) is 0.713. The second-order valence-electron chi connectivity index (χ2n) is 6.54. The van der Waals surface area contributed by atoms with Crippen LogP contribution in [-0.4, -0.2) is 20.5 Å². The number of halogens is 1. The molecule has 26 heavy (non-hydrogen) atoms. The Hall–Kier alpha value is -2.44. The molecule has 0 saturated carbocycles. The van der Waals surface area contributed by atoms with Crippen LogP contribution in [0.15, 0.2) is 59.4 Å². The SMILES string of the molecule is O=C1C[C@H](c2ccc(Cl)cc2)CC2=C1[C@H](c1cccs1)n1ncnc1N2. The molecule has 0 amide bonds. The van der Waals surface area contributed by atoms with E-state index in [1.54, 1.807) is 11.3 Å². The van der Waals surface area contributed by atoms with Crippen LogP contribution in [-0.2, 0) is 4.79 Å². The number of ketones is 1. The molecule has 5 nitrogen and oxygen atoms in total. The molecule has 2 aliphatic rings. The lowest BCUT2D eigenvalue weighted by Gasteiger charge is -2.34. The third-order valence-electron chi connectivity index (χ3n) is 5.02. The van der Waals surface area contributed by atoms with E-state index < -0.39 is 0 Å². The summed E-state index contributed by atoms with van der Waals surface area (Å²) in [6.07, 6.45) is 2.80. The zero-order valence-corrected chi connectivity index (χ0v) is 15.3. The van der Waals surface area contributed by atoms with Gasteiger partial charge in [-0.3, -0.25) is 4.79 Å². The molecule has 3 heterocycles. The highest BCUT2D eigenvalue weighted by Crippen LogP contribution is 2.44. The second kappa shape index (κ2) is 6.07. The van der Waals surface area contributed by atoms with Crippen molar-refractivity contribution in [3.63, 3.8) is 0 Å². The average molecular weight is 383 g/mol. The average Bonchev–Trinajstić information content (AvgIpc) is 3.32. The van der Waals surface area contributed by atoms with Gasteiger partial charge in [0.1, 0.15) is 12.4 Å². The van der Waals surface area contributed by atoms with Gasteiger partial charge in [0.15, 0.2) is 5.78 Å². The molecule has 0 fully saturated rings. The molecule has 1 aliphatic carbocycles. The number of rotatable bonds is 2. The van der Waals surface area contributed by atoms with Gasteiger partial charge in [-0.1, -0.05) is 29.8 Å². The van der Waals surface area contributed by atoms with Crippen molar-refractivity contribution in [2.45, 2.75) is 24.8 Å². The monoisotopic (exact) mass is 382 g/mol. The van der Waals surface area contributed by atoms with E-state index in [1.165, 1.54) is 6.33 Å². The molecule has 130 valence electrons. The molecule has 0 spiro atoms. The third-order valence-corrected chi connectivity index (χ3v) is 6.19. The number of nitrogens with zero attached hydrogens (tertiary/aromatic N) is 3. The third kappa shape index (κ3) is 2.48. The molecule has 0 radical (unpaired) electrons. The maximum atomic E-state index is 13.1. The van der Waals surface area contributed by atoms with Crippen LogP contribution >= 0.6 is 22.9 Å². The fraction of sp³-hybridized carbons (Fsp3) is 0.211. The zero-order chi connectivity index (χ0) is 17.7. The van der Waals surface area contributed by atoms with Crippen molar-refractivity contribution in [3.8, 4) is 0 Å². The molecule has 0 bridgehead atoms. The minimum absolute atomic E-state index is 0.143. The summed E-state index contributed by atoms with van der Waals surface area (Å²) in [5.74, 6) is 0.995. The first-order valence-corrected chi connectivity index (χ1v) is 9.68. The Morgan fingerprint density at radius 3 is 2.81 bits per heavy atom. The molecular formula is C19H15ClN4OS. The molecule has 0 unspecified atom stereocenters. The highest BCUT2D eigenvalue weighted by atomic mass is 35.5. The number of Topliss-reactive ketones (excluding diaryl/α,β-unsaturated/α-hetero) is 1. The van der Waals surface area contributed by atoms with Crippen molar-refractivity contribution in [1.82, 2.24) is 14.8 Å². The van der Waals surface area contributed by atoms with Crippen LogP contribution in [0.3, 0.4) is 0 Å². The fourth-order valence-corrected chi connectivity index (χ4v) is 4.78. The predicted octanol–water partition coefficient (Wildman–Crippen LogP) is 4.41. The number of carbonyl (C=O) groups is 1. The summed E-state index contributed by atoms with van der Waals surface area (Å²) in [5, 5.41) is 10.4. The summed E-state index contributed by atoms with van der Waals surface area (Å²) in [5.41, 5.74) is 2.91. The Bertz CT molecular complexity index is 1010. The smallest absolute Gasteiger partial charge is 0.226 e. The van der Waals surface area contributed by atoms with E-state index in [0.717, 1.165) is 28.1 Å². The van der Waals surface area contributed by atoms with Crippen LogP contribution in [0.4, 0.5) is 5.95 Å². The van der Waals surface area contributed by atoms with Gasteiger partial charge in [-0.25, -0.2) is 4.68 Å². The largest absolute Gasteiger partial charge is 0.328 e. The minimum atomic E-state index is -0.192. The van der Waals surface area contributed by atoms with Gasteiger partial charge in [-0.2, -0.15) is 10.1 Å². The summed E-state index contributed by atoms with van der Waals surface area (Å²) in [7, 11) is 0. The van der Waals surface area contributed by atoms with Crippen molar-refractivity contribution >= 4 is 34.7 Å². The van der Waals surface area contributed by atoms with E-state index in [4.69, 9.17) is 11.6 Å². The number of aromatic nitrogens is 3. The van der Waals surface area contributed by atoms with Gasteiger partial charge in [0.25, 0.3) is 0 Å². The van der Waals surface area contributed by atoms with Crippen LogP contribution in [0.1, 0.15) is 35.2 Å². The fourth-order valence-electron chi connectivity index (χ4n) is 3.83. The predicted molar refractivity (Wildman–Crippen MR) is 102 cm³/mol. The van der Waals surface area contributed by atoms with Gasteiger partial charge in [-0.05, 0) is 41.5 Å². The van der Waals surface area contributed by atoms with E-state index in [1.807, 2.05) is 40.4 Å². The van der Waals surface area contributed by atoms with Crippen LogP contribution < -0.4 is 5.32 Å². The summed E-state index contributed by atoms with van der Waals surface area (Å²) >= 11 is 7.64. The Balaban J connectivity index is 1.58. The standard InChI is InChI=1S/C19H15ClN4OS/c20-13-5-3-11(4-6-13)12-8-14-17(15(25)9-12)18(16-2-1-7-26-16)24-19(23-14)21-10-22-24/h1-7,10,12,18H,8-9H2,(H,21,22,23)/t12-,18+/m1/s1. The van der Waals surface area contributed by atoms with E-state index in [0.29, 0.717) is 17.4 Å². The first kappa shape index (κ1) is 15.8. The van der Waals surface area contributed by atoms with E-state index in [9.17, 15) is 4.79 Å². The summed E-state index contributed by atoms with van der Waals surface area (Å²) in [6, 6.07) is 11.6. The summed E-state index contributed by atoms with van der Waals surface area (Å²) in [4.78, 5) is 18.6. The second-order valence-corrected chi connectivity index (χ2v) is 7.96. The number of benzene rings is 1. The molecule has 1 aliphatic heterocycles. The van der Waals surface area contributed by atoms with E-state index in [-0.39, 0.29) is 17.7 Å². The molecule has 2 aromatic heterocycles. The summed E-state index contributed by atoms with van der Waals surface area (Å²) in [6.45, 7) is 0. The molecule has 1 N–H and O–H groups in total. The number of fused-ring (bicyclic) bond motifs is 1. The number of hydrogen-bond acceptors (Lipinski definition) is 5. The lowest BCUT2D eigenvalue weighted by Crippen LogP contribution is -2.33. The van der Waals surface area contributed by atoms with E-state index >= 15 is 0 Å². The number of hydrogen-bond donors (Lipinski definition) is 1.